The van der Waals surface area contributed by atoms with Gasteiger partial charge >= 0.3 is 6.09 Å². The summed E-state index contributed by atoms with van der Waals surface area (Å²) in [6, 6.07) is 0. The zero-order valence-electron chi connectivity index (χ0n) is 12.8. The van der Waals surface area contributed by atoms with Crippen LogP contribution in [0, 0.1) is 12.8 Å². The number of amides is 2. The third-order valence-electron chi connectivity index (χ3n) is 3.11. The highest BCUT2D eigenvalue weighted by Gasteiger charge is 2.33. The summed E-state index contributed by atoms with van der Waals surface area (Å²) in [5.41, 5.74) is 1.94. The second-order valence-electron chi connectivity index (χ2n) is 6.23. The lowest BCUT2D eigenvalue weighted by Gasteiger charge is -2.39. The third kappa shape index (κ3) is 4.17. The van der Waals surface area contributed by atoms with Crippen molar-refractivity contribution < 1.29 is 14.3 Å². The van der Waals surface area contributed by atoms with Gasteiger partial charge in [0, 0.05) is 25.6 Å². The van der Waals surface area contributed by atoms with E-state index in [9.17, 15) is 9.59 Å². The van der Waals surface area contributed by atoms with Crippen LogP contribution in [0.25, 0.3) is 0 Å². The molecule has 7 heteroatoms. The third-order valence-corrected chi connectivity index (χ3v) is 4.04. The Morgan fingerprint density at radius 1 is 1.48 bits per heavy atom. The molecule has 1 aliphatic rings. The number of hydrogen-bond donors (Lipinski definition) is 1. The minimum Gasteiger partial charge on any atom is -0.444 e. The lowest BCUT2D eigenvalue weighted by atomic mass is 10.0. The molecule has 0 spiro atoms. The van der Waals surface area contributed by atoms with E-state index in [1.807, 2.05) is 27.7 Å². The molecule has 1 aromatic heterocycles. The van der Waals surface area contributed by atoms with Gasteiger partial charge in [-0.2, -0.15) is 0 Å². The number of likely N-dealkylation sites (tertiary alicyclic amines) is 1. The average molecular weight is 311 g/mol. The van der Waals surface area contributed by atoms with Gasteiger partial charge in [-0.25, -0.2) is 9.78 Å². The summed E-state index contributed by atoms with van der Waals surface area (Å²) in [7, 11) is 0. The van der Waals surface area contributed by atoms with E-state index >= 15 is 0 Å². The SMILES string of the molecule is Cc1ncsc1C(=O)NCC1CN(C(=O)OC(C)(C)C)C1. The van der Waals surface area contributed by atoms with Crippen LogP contribution in [-0.4, -0.2) is 47.1 Å². The van der Waals surface area contributed by atoms with Crippen molar-refractivity contribution in [3.63, 3.8) is 0 Å². The standard InChI is InChI=1S/C14H21N3O3S/c1-9-11(21-8-16-9)12(18)15-5-10-6-17(7-10)13(19)20-14(2,3)4/h8,10H,5-7H2,1-4H3,(H,15,18). The van der Waals surface area contributed by atoms with Crippen molar-refractivity contribution in [3.8, 4) is 0 Å². The average Bonchev–Trinajstić information content (AvgIpc) is 2.70. The minimum absolute atomic E-state index is 0.0919. The number of nitrogens with one attached hydrogen (secondary N) is 1. The molecule has 1 N–H and O–H groups in total. The Kier molecular flexibility index (Phi) is 4.51. The molecule has 2 rings (SSSR count). The van der Waals surface area contributed by atoms with Crippen molar-refractivity contribution in [1.29, 1.82) is 0 Å². The smallest absolute Gasteiger partial charge is 0.410 e. The van der Waals surface area contributed by atoms with Gasteiger partial charge in [0.25, 0.3) is 5.91 Å². The number of ether oxygens (including phenoxy) is 1. The molecule has 0 unspecified atom stereocenters. The molecule has 0 aromatic carbocycles. The molecule has 0 radical (unpaired) electrons. The minimum atomic E-state index is -0.472. The Morgan fingerprint density at radius 2 is 2.14 bits per heavy atom. The maximum atomic E-state index is 11.9. The van der Waals surface area contributed by atoms with Gasteiger partial charge in [-0.1, -0.05) is 0 Å². The Labute approximate surface area is 128 Å². The van der Waals surface area contributed by atoms with Crippen LogP contribution in [0.5, 0.6) is 0 Å². The van der Waals surface area contributed by atoms with Crippen molar-refractivity contribution in [2.24, 2.45) is 5.92 Å². The molecule has 2 amide bonds. The van der Waals surface area contributed by atoms with Crippen LogP contribution < -0.4 is 5.32 Å². The molecular formula is C14H21N3O3S. The molecule has 21 heavy (non-hydrogen) atoms. The van der Waals surface area contributed by atoms with Crippen molar-refractivity contribution in [2.75, 3.05) is 19.6 Å². The van der Waals surface area contributed by atoms with Gasteiger partial charge in [-0.15, -0.1) is 11.3 Å². The quantitative estimate of drug-likeness (QED) is 0.927. The summed E-state index contributed by atoms with van der Waals surface area (Å²) in [6.07, 6.45) is -0.289. The number of carbonyl (C=O) groups is 2. The molecule has 2 heterocycles. The zero-order chi connectivity index (χ0) is 15.6. The number of hydrogen-bond acceptors (Lipinski definition) is 5. The maximum Gasteiger partial charge on any atom is 0.410 e. The van der Waals surface area contributed by atoms with Gasteiger partial charge in [0.1, 0.15) is 10.5 Å². The number of nitrogens with zero attached hydrogens (tertiary/aromatic N) is 2. The molecule has 1 aromatic rings. The largest absolute Gasteiger partial charge is 0.444 e. The van der Waals surface area contributed by atoms with Crippen LogP contribution in [0.3, 0.4) is 0 Å². The number of carbonyl (C=O) groups excluding carboxylic acids is 2. The first-order valence-electron chi connectivity index (χ1n) is 6.92. The van der Waals surface area contributed by atoms with E-state index in [1.54, 1.807) is 10.4 Å². The molecular weight excluding hydrogens is 290 g/mol. The van der Waals surface area contributed by atoms with Gasteiger partial charge in [0.15, 0.2) is 0 Å². The maximum absolute atomic E-state index is 11.9. The summed E-state index contributed by atoms with van der Waals surface area (Å²) < 4.78 is 5.28. The van der Waals surface area contributed by atoms with Crippen LogP contribution in [-0.2, 0) is 4.74 Å². The molecule has 1 aliphatic heterocycles. The fourth-order valence-corrected chi connectivity index (χ4v) is 2.73. The summed E-state index contributed by atoms with van der Waals surface area (Å²) >= 11 is 1.34. The molecule has 116 valence electrons. The van der Waals surface area contributed by atoms with E-state index in [1.165, 1.54) is 11.3 Å². The molecule has 6 nitrogen and oxygen atoms in total. The van der Waals surface area contributed by atoms with Gasteiger partial charge in [-0.05, 0) is 27.7 Å². The number of aromatic nitrogens is 1. The molecule has 0 saturated carbocycles. The first-order chi connectivity index (χ1) is 9.76. The number of aryl methyl sites for hydroxylation is 1. The lowest BCUT2D eigenvalue weighted by Crippen LogP contribution is -2.54. The number of thiazole rings is 1. The van der Waals surface area contributed by atoms with Gasteiger partial charge in [0.05, 0.1) is 11.2 Å². The van der Waals surface area contributed by atoms with E-state index in [0.717, 1.165) is 5.69 Å². The highest BCUT2D eigenvalue weighted by molar-refractivity contribution is 7.11. The summed E-state index contributed by atoms with van der Waals surface area (Å²) in [5.74, 6) is 0.195. The summed E-state index contributed by atoms with van der Waals surface area (Å²) in [4.78, 5) is 30.1. The van der Waals surface area contributed by atoms with Crippen LogP contribution in [0.2, 0.25) is 0 Å². The van der Waals surface area contributed by atoms with Gasteiger partial charge in [-0.3, -0.25) is 4.79 Å². The summed E-state index contributed by atoms with van der Waals surface area (Å²) in [5, 5.41) is 2.89. The highest BCUT2D eigenvalue weighted by atomic mass is 32.1. The van der Waals surface area contributed by atoms with Gasteiger partial charge in [0.2, 0.25) is 0 Å². The van der Waals surface area contributed by atoms with Crippen LogP contribution in [0.4, 0.5) is 4.79 Å². The predicted molar refractivity (Wildman–Crippen MR) is 80.5 cm³/mol. The fourth-order valence-electron chi connectivity index (χ4n) is 2.01. The van der Waals surface area contributed by atoms with Crippen LogP contribution in [0.1, 0.15) is 36.1 Å². The number of rotatable bonds is 3. The lowest BCUT2D eigenvalue weighted by molar-refractivity contribution is -0.000525. The van der Waals surface area contributed by atoms with E-state index in [4.69, 9.17) is 4.74 Å². The normalized spacial score (nSPS) is 15.5. The predicted octanol–water partition coefficient (Wildman–Crippen LogP) is 2.05. The Morgan fingerprint density at radius 3 is 2.67 bits per heavy atom. The van der Waals surface area contributed by atoms with Crippen molar-refractivity contribution in [1.82, 2.24) is 15.2 Å². The monoisotopic (exact) mass is 311 g/mol. The molecule has 0 aliphatic carbocycles. The first kappa shape index (κ1) is 15.8. The molecule has 1 saturated heterocycles. The Balaban J connectivity index is 1.70. The van der Waals surface area contributed by atoms with Gasteiger partial charge < -0.3 is 15.0 Å². The van der Waals surface area contributed by atoms with Crippen molar-refractivity contribution >= 4 is 23.3 Å². The van der Waals surface area contributed by atoms with E-state index in [-0.39, 0.29) is 17.9 Å². The van der Waals surface area contributed by atoms with E-state index < -0.39 is 5.60 Å². The van der Waals surface area contributed by atoms with Crippen molar-refractivity contribution in [3.05, 3.63) is 16.1 Å². The van der Waals surface area contributed by atoms with Crippen molar-refractivity contribution in [2.45, 2.75) is 33.3 Å². The second-order valence-corrected chi connectivity index (χ2v) is 7.08. The first-order valence-corrected chi connectivity index (χ1v) is 7.80. The fraction of sp³-hybridized carbons (Fsp3) is 0.643. The Bertz CT molecular complexity index is 530. The second kappa shape index (κ2) is 6.01. The van der Waals surface area contributed by atoms with Crippen LogP contribution in [0.15, 0.2) is 5.51 Å². The van der Waals surface area contributed by atoms with Crippen LogP contribution >= 0.6 is 11.3 Å². The Hall–Kier alpha value is -1.63. The van der Waals surface area contributed by atoms with E-state index in [2.05, 4.69) is 10.3 Å². The molecule has 0 atom stereocenters. The topological polar surface area (TPSA) is 71.5 Å². The zero-order valence-corrected chi connectivity index (χ0v) is 13.6. The molecule has 0 bridgehead atoms. The highest BCUT2D eigenvalue weighted by Crippen LogP contribution is 2.19. The molecule has 1 fully saturated rings. The summed E-state index contributed by atoms with van der Waals surface area (Å²) in [6.45, 7) is 9.17. The van der Waals surface area contributed by atoms with E-state index in [0.29, 0.717) is 24.5 Å².